The molecule has 0 radical (unpaired) electrons. The number of nitrogens with one attached hydrogen (secondary N) is 1. The Labute approximate surface area is 152 Å². The molecule has 0 atom stereocenters. The second-order valence-corrected chi connectivity index (χ2v) is 5.83. The highest BCUT2D eigenvalue weighted by molar-refractivity contribution is 6.32. The van der Waals surface area contributed by atoms with Crippen LogP contribution in [-0.4, -0.2) is 30.0 Å². The van der Waals surface area contributed by atoms with Crippen LogP contribution >= 0.6 is 11.6 Å². The van der Waals surface area contributed by atoms with E-state index in [1.807, 2.05) is 25.1 Å². The molecular formula is C18H24ClN3O3. The van der Waals surface area contributed by atoms with Gasteiger partial charge in [-0.1, -0.05) is 18.5 Å². The Bertz CT molecular complexity index is 762. The van der Waals surface area contributed by atoms with Crippen molar-refractivity contribution >= 4 is 17.3 Å². The highest BCUT2D eigenvalue weighted by Crippen LogP contribution is 2.24. The van der Waals surface area contributed by atoms with Crippen LogP contribution in [0.5, 0.6) is 11.5 Å². The number of nitrogens with zero attached hydrogens (tertiary/aromatic N) is 2. The van der Waals surface area contributed by atoms with Crippen LogP contribution in [0.2, 0.25) is 5.02 Å². The number of halogens is 1. The topological polar surface area (TPSA) is 65.4 Å². The molecule has 0 aliphatic heterocycles. The summed E-state index contributed by atoms with van der Waals surface area (Å²) in [7, 11) is 1.65. The molecule has 2 aromatic rings. The van der Waals surface area contributed by atoms with Gasteiger partial charge in [-0.05, 0) is 43.5 Å². The molecule has 0 saturated carbocycles. The van der Waals surface area contributed by atoms with Crippen molar-refractivity contribution in [2.75, 3.05) is 25.6 Å². The molecule has 0 amide bonds. The predicted molar refractivity (Wildman–Crippen MR) is 100 cm³/mol. The molecule has 25 heavy (non-hydrogen) atoms. The summed E-state index contributed by atoms with van der Waals surface area (Å²) >= 11 is 6.08. The lowest BCUT2D eigenvalue weighted by Crippen LogP contribution is -2.23. The first-order valence-electron chi connectivity index (χ1n) is 8.39. The van der Waals surface area contributed by atoms with E-state index >= 15 is 0 Å². The molecule has 1 aromatic heterocycles. The van der Waals surface area contributed by atoms with E-state index in [2.05, 4.69) is 17.3 Å². The molecule has 1 heterocycles. The van der Waals surface area contributed by atoms with Crippen molar-refractivity contribution in [2.45, 2.75) is 33.2 Å². The van der Waals surface area contributed by atoms with Crippen molar-refractivity contribution < 1.29 is 9.47 Å². The standard InChI is InChI=1S/C18H24ClN3O3/c1-4-13-11-14(24-3)7-8-16(13)25-10-6-9-20-15-12-21-22(5-2)18(23)17(15)19/h7-8,11-12,20H,4-6,9-10H2,1-3H3. The monoisotopic (exact) mass is 365 g/mol. The largest absolute Gasteiger partial charge is 0.497 e. The third kappa shape index (κ3) is 4.89. The van der Waals surface area contributed by atoms with Crippen LogP contribution in [0, 0.1) is 0 Å². The average Bonchev–Trinajstić information content (AvgIpc) is 2.64. The zero-order valence-electron chi connectivity index (χ0n) is 14.8. The minimum absolute atomic E-state index is 0.168. The summed E-state index contributed by atoms with van der Waals surface area (Å²) < 4.78 is 12.4. The molecule has 6 nitrogen and oxygen atoms in total. The SMILES string of the molecule is CCc1cc(OC)ccc1OCCCNc1cnn(CC)c(=O)c1Cl. The van der Waals surface area contributed by atoms with Crippen molar-refractivity contribution in [3.63, 3.8) is 0 Å². The molecule has 2 rings (SSSR count). The Morgan fingerprint density at radius 3 is 2.80 bits per heavy atom. The normalized spacial score (nSPS) is 10.6. The van der Waals surface area contributed by atoms with Crippen LogP contribution in [0.25, 0.3) is 0 Å². The smallest absolute Gasteiger partial charge is 0.287 e. The van der Waals surface area contributed by atoms with Gasteiger partial charge in [0.25, 0.3) is 5.56 Å². The fourth-order valence-corrected chi connectivity index (χ4v) is 2.60. The molecule has 7 heteroatoms. The van der Waals surface area contributed by atoms with Gasteiger partial charge in [-0.3, -0.25) is 4.79 Å². The van der Waals surface area contributed by atoms with Gasteiger partial charge in [0.05, 0.1) is 25.6 Å². The van der Waals surface area contributed by atoms with E-state index in [9.17, 15) is 4.79 Å². The van der Waals surface area contributed by atoms with E-state index in [4.69, 9.17) is 21.1 Å². The zero-order chi connectivity index (χ0) is 18.2. The van der Waals surface area contributed by atoms with E-state index in [1.165, 1.54) is 4.68 Å². The minimum atomic E-state index is -0.281. The van der Waals surface area contributed by atoms with Gasteiger partial charge < -0.3 is 14.8 Å². The third-order valence-corrected chi connectivity index (χ3v) is 4.19. The number of hydrogen-bond acceptors (Lipinski definition) is 5. The maximum absolute atomic E-state index is 11.9. The maximum Gasteiger partial charge on any atom is 0.287 e. The number of ether oxygens (including phenoxy) is 2. The summed E-state index contributed by atoms with van der Waals surface area (Å²) in [4.78, 5) is 11.9. The Hall–Kier alpha value is -2.21. The van der Waals surface area contributed by atoms with Crippen molar-refractivity contribution in [3.05, 3.63) is 45.3 Å². The first-order chi connectivity index (χ1) is 12.1. The van der Waals surface area contributed by atoms with Crippen LogP contribution < -0.4 is 20.3 Å². The van der Waals surface area contributed by atoms with Crippen molar-refractivity contribution in [2.24, 2.45) is 0 Å². The number of hydrogen-bond donors (Lipinski definition) is 1. The molecule has 0 unspecified atom stereocenters. The molecule has 0 bridgehead atoms. The van der Waals surface area contributed by atoms with Gasteiger partial charge in [-0.2, -0.15) is 5.10 Å². The maximum atomic E-state index is 11.9. The summed E-state index contributed by atoms with van der Waals surface area (Å²) in [5, 5.41) is 7.36. The summed E-state index contributed by atoms with van der Waals surface area (Å²) in [6, 6.07) is 5.80. The molecule has 0 aliphatic carbocycles. The highest BCUT2D eigenvalue weighted by Gasteiger charge is 2.08. The van der Waals surface area contributed by atoms with Crippen molar-refractivity contribution in [3.8, 4) is 11.5 Å². The van der Waals surface area contributed by atoms with Crippen LogP contribution in [-0.2, 0) is 13.0 Å². The van der Waals surface area contributed by atoms with E-state index in [-0.39, 0.29) is 10.6 Å². The van der Waals surface area contributed by atoms with Gasteiger partial charge in [0, 0.05) is 13.1 Å². The highest BCUT2D eigenvalue weighted by atomic mass is 35.5. The van der Waals surface area contributed by atoms with E-state index in [1.54, 1.807) is 13.3 Å². The molecule has 0 fully saturated rings. The Morgan fingerprint density at radius 1 is 1.32 bits per heavy atom. The minimum Gasteiger partial charge on any atom is -0.497 e. The average molecular weight is 366 g/mol. The molecule has 0 aliphatic rings. The predicted octanol–water partition coefficient (Wildman–Crippen LogP) is 3.37. The Morgan fingerprint density at radius 2 is 2.12 bits per heavy atom. The quantitative estimate of drug-likeness (QED) is 0.690. The van der Waals surface area contributed by atoms with E-state index < -0.39 is 0 Å². The summed E-state index contributed by atoms with van der Waals surface area (Å²) in [6.45, 7) is 5.61. The third-order valence-electron chi connectivity index (χ3n) is 3.83. The number of anilines is 1. The number of rotatable bonds is 9. The van der Waals surface area contributed by atoms with Gasteiger partial charge >= 0.3 is 0 Å². The summed E-state index contributed by atoms with van der Waals surface area (Å²) in [5.41, 5.74) is 1.38. The lowest BCUT2D eigenvalue weighted by atomic mass is 10.1. The first-order valence-corrected chi connectivity index (χ1v) is 8.77. The summed E-state index contributed by atoms with van der Waals surface area (Å²) in [5.74, 6) is 1.70. The van der Waals surface area contributed by atoms with Gasteiger partial charge in [0.1, 0.15) is 16.5 Å². The van der Waals surface area contributed by atoms with E-state index in [0.717, 1.165) is 29.9 Å². The van der Waals surface area contributed by atoms with Crippen LogP contribution in [0.3, 0.4) is 0 Å². The zero-order valence-corrected chi connectivity index (χ0v) is 15.6. The van der Waals surface area contributed by atoms with Crippen molar-refractivity contribution in [1.29, 1.82) is 0 Å². The lowest BCUT2D eigenvalue weighted by Gasteiger charge is -2.13. The van der Waals surface area contributed by atoms with Crippen molar-refractivity contribution in [1.82, 2.24) is 9.78 Å². The van der Waals surface area contributed by atoms with Gasteiger partial charge in [-0.25, -0.2) is 4.68 Å². The first kappa shape index (κ1) is 19.1. The van der Waals surface area contributed by atoms with Crippen LogP contribution in [0.4, 0.5) is 5.69 Å². The Balaban J connectivity index is 1.84. The van der Waals surface area contributed by atoms with Gasteiger partial charge in [0.15, 0.2) is 0 Å². The second kappa shape index (κ2) is 9.32. The Kier molecular flexibility index (Phi) is 7.13. The molecular weight excluding hydrogens is 342 g/mol. The summed E-state index contributed by atoms with van der Waals surface area (Å²) in [6.07, 6.45) is 3.22. The number of aryl methyl sites for hydroxylation is 2. The van der Waals surface area contributed by atoms with Crippen LogP contribution in [0.1, 0.15) is 25.8 Å². The molecule has 1 N–H and O–H groups in total. The van der Waals surface area contributed by atoms with Crippen LogP contribution in [0.15, 0.2) is 29.2 Å². The number of benzene rings is 1. The number of aromatic nitrogens is 2. The second-order valence-electron chi connectivity index (χ2n) is 5.45. The fraction of sp³-hybridized carbons (Fsp3) is 0.444. The molecule has 0 spiro atoms. The van der Waals surface area contributed by atoms with Gasteiger partial charge in [-0.15, -0.1) is 0 Å². The fourth-order valence-electron chi connectivity index (χ4n) is 2.39. The molecule has 1 aromatic carbocycles. The lowest BCUT2D eigenvalue weighted by molar-refractivity contribution is 0.311. The van der Waals surface area contributed by atoms with E-state index in [0.29, 0.717) is 25.4 Å². The number of methoxy groups -OCH3 is 1. The molecule has 0 saturated heterocycles. The van der Waals surface area contributed by atoms with Gasteiger partial charge in [0.2, 0.25) is 0 Å². The molecule has 136 valence electrons.